The van der Waals surface area contributed by atoms with Gasteiger partial charge in [-0.1, -0.05) is 6.08 Å². The number of Topliss-reactive ketones (excluding diaryl/α,β-unsaturated/α-hetero) is 1. The molecule has 1 aliphatic rings. The topological polar surface area (TPSA) is 35.5 Å². The third kappa shape index (κ3) is 2.57. The van der Waals surface area contributed by atoms with E-state index in [2.05, 4.69) is 6.58 Å². The van der Waals surface area contributed by atoms with Gasteiger partial charge in [-0.15, -0.1) is 6.58 Å². The number of alkyl halides is 3. The number of rotatable bonds is 2. The van der Waals surface area contributed by atoms with Crippen LogP contribution in [0, 0.1) is 0 Å². The quantitative estimate of drug-likeness (QED) is 0.671. The van der Waals surface area contributed by atoms with Gasteiger partial charge in [-0.25, -0.2) is 0 Å². The normalized spacial score (nSPS) is 30.2. The van der Waals surface area contributed by atoms with Crippen molar-refractivity contribution in [2.24, 2.45) is 0 Å². The van der Waals surface area contributed by atoms with Crippen LogP contribution in [0.3, 0.4) is 0 Å². The first-order chi connectivity index (χ1) is 6.67. The Morgan fingerprint density at radius 2 is 1.93 bits per heavy atom. The number of hydrogen-bond acceptors (Lipinski definition) is 3. The second-order valence-corrected chi connectivity index (χ2v) is 3.62. The van der Waals surface area contributed by atoms with Crippen LogP contribution in [0.15, 0.2) is 12.7 Å². The summed E-state index contributed by atoms with van der Waals surface area (Å²) < 4.78 is 46.4. The van der Waals surface area contributed by atoms with Gasteiger partial charge < -0.3 is 9.47 Å². The van der Waals surface area contributed by atoms with E-state index in [0.717, 1.165) is 6.08 Å². The monoisotopic (exact) mass is 224 g/mol. The van der Waals surface area contributed by atoms with E-state index in [-0.39, 0.29) is 0 Å². The molecule has 1 aliphatic heterocycles. The van der Waals surface area contributed by atoms with Crippen molar-refractivity contribution in [2.75, 3.05) is 0 Å². The van der Waals surface area contributed by atoms with E-state index >= 15 is 0 Å². The van der Waals surface area contributed by atoms with E-state index < -0.39 is 30.0 Å². The number of ketones is 1. The summed E-state index contributed by atoms with van der Waals surface area (Å²) in [5.74, 6) is -3.15. The lowest BCUT2D eigenvalue weighted by Crippen LogP contribution is -2.40. The molecule has 0 bridgehead atoms. The first-order valence-corrected chi connectivity index (χ1v) is 4.26. The van der Waals surface area contributed by atoms with Crippen LogP contribution in [0.5, 0.6) is 0 Å². The molecule has 0 radical (unpaired) electrons. The summed E-state index contributed by atoms with van der Waals surface area (Å²) in [5, 5.41) is 0. The van der Waals surface area contributed by atoms with Crippen LogP contribution in [0.4, 0.5) is 13.2 Å². The highest BCUT2D eigenvalue weighted by atomic mass is 19.4. The Kier molecular flexibility index (Phi) is 2.93. The van der Waals surface area contributed by atoms with Gasteiger partial charge in [0.1, 0.15) is 6.10 Å². The fourth-order valence-corrected chi connectivity index (χ4v) is 1.33. The van der Waals surface area contributed by atoms with Crippen molar-refractivity contribution >= 4 is 5.78 Å². The Morgan fingerprint density at radius 1 is 1.40 bits per heavy atom. The second-order valence-electron chi connectivity index (χ2n) is 3.62. The fraction of sp³-hybridized carbons (Fsp3) is 0.667. The van der Waals surface area contributed by atoms with E-state index in [0.29, 0.717) is 0 Å². The van der Waals surface area contributed by atoms with Gasteiger partial charge in [0.05, 0.1) is 0 Å². The number of hydrogen-bond donors (Lipinski definition) is 0. The SMILES string of the molecule is C=C[C@H]1OC(C)(C)O[C@H]1C(=O)C(F)(F)F. The molecular formula is C9H11F3O3. The van der Waals surface area contributed by atoms with Gasteiger partial charge in [0, 0.05) is 0 Å². The molecule has 0 unspecified atom stereocenters. The molecule has 0 aromatic carbocycles. The molecule has 86 valence electrons. The molecule has 15 heavy (non-hydrogen) atoms. The lowest BCUT2D eigenvalue weighted by atomic mass is 10.1. The van der Waals surface area contributed by atoms with Crippen LogP contribution in [0.1, 0.15) is 13.8 Å². The maximum atomic E-state index is 12.1. The molecule has 1 saturated heterocycles. The highest BCUT2D eigenvalue weighted by Gasteiger charge is 2.52. The van der Waals surface area contributed by atoms with Crippen molar-refractivity contribution in [3.8, 4) is 0 Å². The van der Waals surface area contributed by atoms with Crippen LogP contribution >= 0.6 is 0 Å². The van der Waals surface area contributed by atoms with Gasteiger partial charge in [0.25, 0.3) is 5.78 Å². The molecule has 0 aromatic rings. The molecule has 1 fully saturated rings. The zero-order valence-electron chi connectivity index (χ0n) is 8.30. The lowest BCUT2D eigenvalue weighted by molar-refractivity contribution is -0.188. The standard InChI is InChI=1S/C9H11F3O3/c1-4-5-6(7(13)9(10,11)12)15-8(2,3)14-5/h4-6H,1H2,2-3H3/t5-,6-/m1/s1. The molecule has 1 heterocycles. The summed E-state index contributed by atoms with van der Waals surface area (Å²) in [5.41, 5.74) is 0. The summed E-state index contributed by atoms with van der Waals surface area (Å²) in [6.45, 7) is 6.17. The van der Waals surface area contributed by atoms with E-state index in [1.54, 1.807) is 0 Å². The Labute approximate surface area is 84.8 Å². The van der Waals surface area contributed by atoms with Crippen LogP contribution in [0.2, 0.25) is 0 Å². The molecule has 1 rings (SSSR count). The highest BCUT2D eigenvalue weighted by Crippen LogP contribution is 2.33. The van der Waals surface area contributed by atoms with Crippen molar-refractivity contribution < 1.29 is 27.4 Å². The molecule has 2 atom stereocenters. The maximum absolute atomic E-state index is 12.1. The Balaban J connectivity index is 2.87. The first-order valence-electron chi connectivity index (χ1n) is 4.26. The molecule has 0 aromatic heterocycles. The largest absolute Gasteiger partial charge is 0.452 e. The first kappa shape index (κ1) is 12.2. The lowest BCUT2D eigenvalue weighted by Gasteiger charge is -2.16. The van der Waals surface area contributed by atoms with Crippen molar-refractivity contribution in [1.29, 1.82) is 0 Å². The van der Waals surface area contributed by atoms with Gasteiger partial charge in [-0.3, -0.25) is 4.79 Å². The predicted octanol–water partition coefficient (Wildman–Crippen LogP) is 1.82. The van der Waals surface area contributed by atoms with Gasteiger partial charge >= 0.3 is 6.18 Å². The summed E-state index contributed by atoms with van der Waals surface area (Å²) in [6, 6.07) is 0. The molecule has 0 amide bonds. The van der Waals surface area contributed by atoms with E-state index in [1.165, 1.54) is 13.8 Å². The van der Waals surface area contributed by atoms with Crippen LogP contribution in [-0.2, 0) is 14.3 Å². The van der Waals surface area contributed by atoms with Crippen LogP contribution in [0.25, 0.3) is 0 Å². The fourth-order valence-electron chi connectivity index (χ4n) is 1.33. The maximum Gasteiger partial charge on any atom is 0.452 e. The van der Waals surface area contributed by atoms with E-state index in [4.69, 9.17) is 9.47 Å². The zero-order chi connectivity index (χ0) is 11.9. The molecule has 6 heteroatoms. The molecule has 3 nitrogen and oxygen atoms in total. The minimum Gasteiger partial charge on any atom is -0.340 e. The number of halogens is 3. The van der Waals surface area contributed by atoms with Gasteiger partial charge in [0.2, 0.25) is 0 Å². The third-order valence-corrected chi connectivity index (χ3v) is 1.90. The average Bonchev–Trinajstić information content (AvgIpc) is 2.38. The number of ether oxygens (including phenoxy) is 2. The van der Waals surface area contributed by atoms with Crippen molar-refractivity contribution in [2.45, 2.75) is 38.0 Å². The smallest absolute Gasteiger partial charge is 0.340 e. The summed E-state index contributed by atoms with van der Waals surface area (Å²) >= 11 is 0. The predicted molar refractivity (Wildman–Crippen MR) is 45.1 cm³/mol. The average molecular weight is 224 g/mol. The Hall–Kier alpha value is -0.880. The zero-order valence-corrected chi connectivity index (χ0v) is 8.30. The molecule has 0 N–H and O–H groups in total. The molecular weight excluding hydrogens is 213 g/mol. The molecule has 0 aliphatic carbocycles. The summed E-state index contributed by atoms with van der Waals surface area (Å²) in [6.07, 6.45) is -6.51. The van der Waals surface area contributed by atoms with Crippen LogP contribution in [-0.4, -0.2) is 30.0 Å². The van der Waals surface area contributed by atoms with E-state index in [1.807, 2.05) is 0 Å². The summed E-state index contributed by atoms with van der Waals surface area (Å²) in [4.78, 5) is 10.9. The van der Waals surface area contributed by atoms with Gasteiger partial charge in [-0.05, 0) is 13.8 Å². The van der Waals surface area contributed by atoms with Crippen molar-refractivity contribution in [1.82, 2.24) is 0 Å². The van der Waals surface area contributed by atoms with Gasteiger partial charge in [0.15, 0.2) is 11.9 Å². The molecule has 0 spiro atoms. The Bertz CT molecular complexity index is 283. The Morgan fingerprint density at radius 3 is 2.33 bits per heavy atom. The highest BCUT2D eigenvalue weighted by molar-refractivity contribution is 5.89. The van der Waals surface area contributed by atoms with Crippen LogP contribution < -0.4 is 0 Å². The van der Waals surface area contributed by atoms with Crippen molar-refractivity contribution in [3.05, 3.63) is 12.7 Å². The summed E-state index contributed by atoms with van der Waals surface area (Å²) in [7, 11) is 0. The number of carbonyl (C=O) groups is 1. The minimum absolute atomic E-state index is 1.06. The van der Waals surface area contributed by atoms with E-state index in [9.17, 15) is 18.0 Å². The molecule has 0 saturated carbocycles. The number of carbonyl (C=O) groups excluding carboxylic acids is 1. The van der Waals surface area contributed by atoms with Gasteiger partial charge in [-0.2, -0.15) is 13.2 Å². The van der Waals surface area contributed by atoms with Crippen molar-refractivity contribution in [3.63, 3.8) is 0 Å². The third-order valence-electron chi connectivity index (χ3n) is 1.90. The minimum atomic E-state index is -4.92. The second kappa shape index (κ2) is 3.61.